The fourth-order valence-corrected chi connectivity index (χ4v) is 2.42. The number of carbonyl (C=O) groups excluding carboxylic acids is 2. The minimum Gasteiger partial charge on any atom is -0.462 e. The van der Waals surface area contributed by atoms with Crippen LogP contribution in [0.1, 0.15) is 60.8 Å². The molecule has 0 bridgehead atoms. The van der Waals surface area contributed by atoms with Crippen LogP contribution in [-0.4, -0.2) is 35.9 Å². The molecule has 1 fully saturated rings. The van der Waals surface area contributed by atoms with Gasteiger partial charge >= 0.3 is 11.9 Å². The molecule has 1 unspecified atom stereocenters. The van der Waals surface area contributed by atoms with Crippen molar-refractivity contribution >= 4 is 11.9 Å². The van der Waals surface area contributed by atoms with Gasteiger partial charge in [0, 0.05) is 0 Å². The number of rotatable bonds is 6. The molecule has 5 heteroatoms. The molecule has 0 saturated carbocycles. The number of hydrogen-bond acceptors (Lipinski definition) is 5. The van der Waals surface area contributed by atoms with Gasteiger partial charge in [-0.2, -0.15) is 0 Å². The quantitative estimate of drug-likeness (QED) is 0.557. The van der Waals surface area contributed by atoms with Gasteiger partial charge in [0.2, 0.25) is 0 Å². The van der Waals surface area contributed by atoms with Crippen molar-refractivity contribution in [2.45, 2.75) is 84.7 Å². The van der Waals surface area contributed by atoms with E-state index in [2.05, 4.69) is 0 Å². The Morgan fingerprint density at radius 2 is 1.57 bits per heavy atom. The van der Waals surface area contributed by atoms with Crippen LogP contribution in [-0.2, 0) is 23.8 Å². The van der Waals surface area contributed by atoms with Crippen LogP contribution in [0.2, 0.25) is 0 Å². The first-order valence-electron chi connectivity index (χ1n) is 7.69. The van der Waals surface area contributed by atoms with Gasteiger partial charge in [-0.15, -0.1) is 0 Å². The molecule has 1 aliphatic heterocycles. The lowest BCUT2D eigenvalue weighted by Gasteiger charge is -2.23. The first kappa shape index (κ1) is 18.0. The smallest absolute Gasteiger partial charge is 0.320 e. The number of hydrogen-bond donors (Lipinski definition) is 0. The summed E-state index contributed by atoms with van der Waals surface area (Å²) in [5.41, 5.74) is -0.195. The highest BCUT2D eigenvalue weighted by Gasteiger charge is 2.39. The third kappa shape index (κ3) is 6.04. The zero-order valence-electron chi connectivity index (χ0n) is 14.0. The predicted octanol–water partition coefficient (Wildman–Crippen LogP) is 2.85. The molecule has 5 nitrogen and oxygen atoms in total. The van der Waals surface area contributed by atoms with Gasteiger partial charge in [-0.05, 0) is 60.8 Å². The van der Waals surface area contributed by atoms with Crippen molar-refractivity contribution in [1.82, 2.24) is 0 Å². The van der Waals surface area contributed by atoms with Crippen molar-refractivity contribution < 1.29 is 23.8 Å². The molecular formula is C16H28O5. The molecule has 1 saturated heterocycles. The minimum atomic E-state index is -0.909. The second-order valence-electron chi connectivity index (χ2n) is 6.80. The average molecular weight is 300 g/mol. The van der Waals surface area contributed by atoms with Gasteiger partial charge in [-0.1, -0.05) is 0 Å². The molecule has 1 atom stereocenters. The van der Waals surface area contributed by atoms with Gasteiger partial charge < -0.3 is 14.2 Å². The highest BCUT2D eigenvalue weighted by molar-refractivity contribution is 5.95. The zero-order chi connectivity index (χ0) is 16.2. The van der Waals surface area contributed by atoms with Crippen LogP contribution in [0.25, 0.3) is 0 Å². The summed E-state index contributed by atoms with van der Waals surface area (Å²) in [5, 5.41) is 0. The standard InChI is InChI=1S/C16H28O5/c1-10(2)19-14(17)13(15(18)20-11(3)4)9-12-7-8-16(5,6)21-12/h10-13H,7-9H2,1-6H3. The van der Waals surface area contributed by atoms with E-state index in [1.54, 1.807) is 27.7 Å². The molecule has 122 valence electrons. The van der Waals surface area contributed by atoms with Gasteiger partial charge in [0.15, 0.2) is 5.92 Å². The third-order valence-electron chi connectivity index (χ3n) is 3.33. The Morgan fingerprint density at radius 3 is 1.90 bits per heavy atom. The summed E-state index contributed by atoms with van der Waals surface area (Å²) in [5.74, 6) is -1.96. The van der Waals surface area contributed by atoms with E-state index >= 15 is 0 Å². The molecule has 1 aliphatic rings. The lowest BCUT2D eigenvalue weighted by Crippen LogP contribution is -2.34. The van der Waals surface area contributed by atoms with E-state index in [0.717, 1.165) is 12.8 Å². The number of esters is 2. The minimum absolute atomic E-state index is 0.107. The van der Waals surface area contributed by atoms with Gasteiger partial charge in [-0.3, -0.25) is 9.59 Å². The molecule has 1 heterocycles. The summed E-state index contributed by atoms with van der Waals surface area (Å²) in [4.78, 5) is 24.3. The molecule has 1 rings (SSSR count). The van der Waals surface area contributed by atoms with Crippen LogP contribution >= 0.6 is 0 Å². The maximum atomic E-state index is 12.1. The van der Waals surface area contributed by atoms with Crippen molar-refractivity contribution in [3.05, 3.63) is 0 Å². The molecular weight excluding hydrogens is 272 g/mol. The molecule has 21 heavy (non-hydrogen) atoms. The first-order valence-corrected chi connectivity index (χ1v) is 7.69. The fraction of sp³-hybridized carbons (Fsp3) is 0.875. The van der Waals surface area contributed by atoms with E-state index in [1.165, 1.54) is 0 Å². The summed E-state index contributed by atoms with van der Waals surface area (Å²) in [6.07, 6.45) is 1.46. The van der Waals surface area contributed by atoms with Gasteiger partial charge in [0.1, 0.15) is 0 Å². The van der Waals surface area contributed by atoms with E-state index < -0.39 is 17.9 Å². The van der Waals surface area contributed by atoms with E-state index in [-0.39, 0.29) is 23.9 Å². The van der Waals surface area contributed by atoms with Crippen LogP contribution in [0, 0.1) is 5.92 Å². The Bertz CT molecular complexity index is 351. The summed E-state index contributed by atoms with van der Waals surface area (Å²) in [7, 11) is 0. The highest BCUT2D eigenvalue weighted by Crippen LogP contribution is 2.33. The highest BCUT2D eigenvalue weighted by atomic mass is 16.6. The van der Waals surface area contributed by atoms with Gasteiger partial charge in [-0.25, -0.2) is 0 Å². The predicted molar refractivity (Wildman–Crippen MR) is 78.7 cm³/mol. The molecule has 0 aromatic heterocycles. The van der Waals surface area contributed by atoms with Crippen LogP contribution in [0.5, 0.6) is 0 Å². The second-order valence-corrected chi connectivity index (χ2v) is 6.80. The fourth-order valence-electron chi connectivity index (χ4n) is 2.42. The Kier molecular flexibility index (Phi) is 6.20. The SMILES string of the molecule is CC(C)OC(=O)C(CC1CCC(C)(C)O1)C(=O)OC(C)C. The first-order chi connectivity index (χ1) is 9.60. The Morgan fingerprint density at radius 1 is 1.10 bits per heavy atom. The third-order valence-corrected chi connectivity index (χ3v) is 3.33. The molecule has 0 spiro atoms. The summed E-state index contributed by atoms with van der Waals surface area (Å²) in [6.45, 7) is 11.1. The van der Waals surface area contributed by atoms with Crippen molar-refractivity contribution in [3.8, 4) is 0 Å². The van der Waals surface area contributed by atoms with Crippen LogP contribution in [0.3, 0.4) is 0 Å². The van der Waals surface area contributed by atoms with Crippen molar-refractivity contribution in [2.75, 3.05) is 0 Å². The van der Waals surface area contributed by atoms with E-state index in [0.29, 0.717) is 6.42 Å². The number of carbonyl (C=O) groups is 2. The zero-order valence-corrected chi connectivity index (χ0v) is 14.0. The van der Waals surface area contributed by atoms with Gasteiger partial charge in [0.25, 0.3) is 0 Å². The molecule has 0 aromatic carbocycles. The largest absolute Gasteiger partial charge is 0.462 e. The summed E-state index contributed by atoms with van der Waals surface area (Å²) >= 11 is 0. The van der Waals surface area contributed by atoms with Crippen molar-refractivity contribution in [1.29, 1.82) is 0 Å². The molecule has 0 amide bonds. The maximum absolute atomic E-state index is 12.1. The van der Waals surface area contributed by atoms with Crippen molar-refractivity contribution in [3.63, 3.8) is 0 Å². The topological polar surface area (TPSA) is 61.8 Å². The Hall–Kier alpha value is -1.10. The Balaban J connectivity index is 2.72. The van der Waals surface area contributed by atoms with E-state index in [1.807, 2.05) is 13.8 Å². The molecule has 0 N–H and O–H groups in total. The normalized spacial score (nSPS) is 21.1. The number of ether oxygens (including phenoxy) is 3. The van der Waals surface area contributed by atoms with Crippen molar-refractivity contribution in [2.24, 2.45) is 5.92 Å². The van der Waals surface area contributed by atoms with E-state index in [9.17, 15) is 9.59 Å². The van der Waals surface area contributed by atoms with Gasteiger partial charge in [0.05, 0.1) is 23.9 Å². The van der Waals surface area contributed by atoms with Crippen LogP contribution in [0.4, 0.5) is 0 Å². The maximum Gasteiger partial charge on any atom is 0.320 e. The van der Waals surface area contributed by atoms with Crippen LogP contribution in [0.15, 0.2) is 0 Å². The Labute approximate surface area is 127 Å². The second kappa shape index (κ2) is 7.25. The molecule has 0 radical (unpaired) electrons. The average Bonchev–Trinajstić information content (AvgIpc) is 2.63. The monoisotopic (exact) mass is 300 g/mol. The summed E-state index contributed by atoms with van der Waals surface area (Å²) in [6, 6.07) is 0. The lowest BCUT2D eigenvalue weighted by molar-refractivity contribution is -0.168. The lowest BCUT2D eigenvalue weighted by atomic mass is 9.98. The molecule has 0 aromatic rings. The molecule has 0 aliphatic carbocycles. The van der Waals surface area contributed by atoms with E-state index in [4.69, 9.17) is 14.2 Å². The van der Waals surface area contributed by atoms with Crippen LogP contribution < -0.4 is 0 Å². The summed E-state index contributed by atoms with van der Waals surface area (Å²) < 4.78 is 16.2.